The zero-order valence-electron chi connectivity index (χ0n) is 12.3. The molecule has 1 heterocycles. The molecule has 2 rings (SSSR count). The molecule has 0 spiro atoms. The first kappa shape index (κ1) is 15.0. The third-order valence-electron chi connectivity index (χ3n) is 4.19. The molecule has 21 heavy (non-hydrogen) atoms. The molecule has 112 valence electrons. The van der Waals surface area contributed by atoms with E-state index in [9.17, 15) is 14.4 Å². The van der Waals surface area contributed by atoms with Crippen molar-refractivity contribution >= 4 is 17.0 Å². The average molecular weight is 290 g/mol. The highest BCUT2D eigenvalue weighted by molar-refractivity contribution is 5.92. The lowest BCUT2D eigenvalue weighted by Crippen LogP contribution is -2.45. The number of fused-ring (bicyclic) bond motifs is 1. The van der Waals surface area contributed by atoms with Gasteiger partial charge in [-0.15, -0.1) is 0 Å². The highest BCUT2D eigenvalue weighted by atomic mass is 16.4. The van der Waals surface area contributed by atoms with Crippen LogP contribution < -0.4 is 11.1 Å². The van der Waals surface area contributed by atoms with Gasteiger partial charge in [-0.3, -0.25) is 14.2 Å². The van der Waals surface area contributed by atoms with Gasteiger partial charge in [0, 0.05) is 5.54 Å². The van der Waals surface area contributed by atoms with Gasteiger partial charge in [0.2, 0.25) is 0 Å². The van der Waals surface area contributed by atoms with E-state index in [0.717, 1.165) is 0 Å². The Kier molecular flexibility index (Phi) is 3.72. The Balaban J connectivity index is 2.98. The zero-order valence-corrected chi connectivity index (χ0v) is 12.3. The number of carboxylic acid groups (broad SMARTS) is 1. The number of H-pyrrole nitrogens is 1. The molecule has 6 nitrogen and oxygen atoms in total. The number of benzene rings is 1. The van der Waals surface area contributed by atoms with E-state index in [0.29, 0.717) is 23.9 Å². The van der Waals surface area contributed by atoms with Gasteiger partial charge in [0.25, 0.3) is 0 Å². The topological polar surface area (TPSA) is 92.2 Å². The van der Waals surface area contributed by atoms with Crippen molar-refractivity contribution in [3.05, 3.63) is 44.5 Å². The Hall–Kier alpha value is -2.37. The highest BCUT2D eigenvalue weighted by Gasteiger charge is 2.26. The smallest absolute Gasteiger partial charge is 0.335 e. The molecule has 0 saturated carbocycles. The molecule has 0 aliphatic rings. The highest BCUT2D eigenvalue weighted by Crippen LogP contribution is 2.26. The van der Waals surface area contributed by atoms with E-state index >= 15 is 0 Å². The fourth-order valence-corrected chi connectivity index (χ4v) is 2.44. The Morgan fingerprint density at radius 2 is 1.90 bits per heavy atom. The van der Waals surface area contributed by atoms with E-state index in [4.69, 9.17) is 5.11 Å². The van der Waals surface area contributed by atoms with Crippen LogP contribution in [0, 0.1) is 0 Å². The van der Waals surface area contributed by atoms with Gasteiger partial charge in [-0.2, -0.15) is 0 Å². The van der Waals surface area contributed by atoms with Crippen LogP contribution in [0.1, 0.15) is 44.0 Å². The second-order valence-corrected chi connectivity index (χ2v) is 5.34. The maximum absolute atomic E-state index is 12.3. The average Bonchev–Trinajstić information content (AvgIpc) is 2.47. The molecule has 0 saturated heterocycles. The maximum atomic E-state index is 12.3. The summed E-state index contributed by atoms with van der Waals surface area (Å²) >= 11 is 0. The van der Waals surface area contributed by atoms with Crippen LogP contribution in [0.5, 0.6) is 0 Å². The van der Waals surface area contributed by atoms with E-state index in [-0.39, 0.29) is 5.56 Å². The molecule has 0 atom stereocenters. The maximum Gasteiger partial charge on any atom is 0.335 e. The van der Waals surface area contributed by atoms with Crippen LogP contribution >= 0.6 is 0 Å². The number of aromatic nitrogens is 2. The first-order valence-corrected chi connectivity index (χ1v) is 6.87. The molecular weight excluding hydrogens is 272 g/mol. The fourth-order valence-electron chi connectivity index (χ4n) is 2.44. The SMILES string of the molecule is CCC(C)(CC)n1c(=O)c(=O)[nH]c2ccc(C(=O)O)cc21. The molecule has 2 N–H and O–H groups in total. The number of rotatable bonds is 4. The predicted octanol–water partition coefficient (Wildman–Crippen LogP) is 1.92. The van der Waals surface area contributed by atoms with Crippen molar-refractivity contribution < 1.29 is 9.90 Å². The van der Waals surface area contributed by atoms with Crippen LogP contribution in [-0.4, -0.2) is 20.6 Å². The van der Waals surface area contributed by atoms with E-state index < -0.39 is 22.6 Å². The Labute approximate surface area is 121 Å². The van der Waals surface area contributed by atoms with Crippen LogP contribution in [0.2, 0.25) is 0 Å². The number of hydrogen-bond donors (Lipinski definition) is 2. The van der Waals surface area contributed by atoms with Crippen molar-refractivity contribution in [1.29, 1.82) is 0 Å². The van der Waals surface area contributed by atoms with Crippen LogP contribution in [0.25, 0.3) is 11.0 Å². The molecule has 2 aromatic rings. The van der Waals surface area contributed by atoms with Crippen molar-refractivity contribution in [2.75, 3.05) is 0 Å². The number of carboxylic acids is 1. The largest absolute Gasteiger partial charge is 0.478 e. The molecule has 1 aromatic heterocycles. The number of aromatic amines is 1. The summed E-state index contributed by atoms with van der Waals surface area (Å²) in [6.45, 7) is 5.76. The Morgan fingerprint density at radius 1 is 1.29 bits per heavy atom. The molecule has 0 aliphatic heterocycles. The summed E-state index contributed by atoms with van der Waals surface area (Å²) in [4.78, 5) is 37.8. The van der Waals surface area contributed by atoms with Gasteiger partial charge in [0.1, 0.15) is 0 Å². The monoisotopic (exact) mass is 290 g/mol. The second-order valence-electron chi connectivity index (χ2n) is 5.34. The normalized spacial score (nSPS) is 11.8. The van der Waals surface area contributed by atoms with Gasteiger partial charge in [0.15, 0.2) is 0 Å². The van der Waals surface area contributed by atoms with Gasteiger partial charge in [0.05, 0.1) is 16.6 Å². The molecular formula is C15H18N2O4. The van der Waals surface area contributed by atoms with Crippen LogP contribution in [0.3, 0.4) is 0 Å². The van der Waals surface area contributed by atoms with Crippen LogP contribution in [-0.2, 0) is 5.54 Å². The summed E-state index contributed by atoms with van der Waals surface area (Å²) in [6, 6.07) is 4.35. The summed E-state index contributed by atoms with van der Waals surface area (Å²) in [5.74, 6) is -1.07. The standard InChI is InChI=1S/C15H18N2O4/c1-4-15(3,5-2)17-11-8-9(14(20)21)6-7-10(11)16-12(18)13(17)19/h6-8H,4-5H2,1-3H3,(H,16,18)(H,20,21). The number of carbonyl (C=O) groups is 1. The Bertz CT molecular complexity index is 813. The summed E-state index contributed by atoms with van der Waals surface area (Å²) in [5, 5.41) is 9.12. The van der Waals surface area contributed by atoms with Crippen LogP contribution in [0.4, 0.5) is 0 Å². The number of hydrogen-bond acceptors (Lipinski definition) is 3. The quantitative estimate of drug-likeness (QED) is 0.841. The Morgan fingerprint density at radius 3 is 2.43 bits per heavy atom. The molecule has 0 aliphatic carbocycles. The lowest BCUT2D eigenvalue weighted by atomic mass is 9.94. The van der Waals surface area contributed by atoms with Crippen molar-refractivity contribution in [3.8, 4) is 0 Å². The molecule has 1 aromatic carbocycles. The van der Waals surface area contributed by atoms with E-state index in [1.165, 1.54) is 22.8 Å². The summed E-state index contributed by atoms with van der Waals surface area (Å²) in [6.07, 6.45) is 1.30. The zero-order chi connectivity index (χ0) is 15.8. The summed E-state index contributed by atoms with van der Waals surface area (Å²) in [5.41, 5.74) is -0.920. The molecule has 0 radical (unpaired) electrons. The van der Waals surface area contributed by atoms with Crippen LogP contribution in [0.15, 0.2) is 27.8 Å². The van der Waals surface area contributed by atoms with Crippen molar-refractivity contribution in [3.63, 3.8) is 0 Å². The minimum Gasteiger partial charge on any atom is -0.478 e. The first-order chi connectivity index (χ1) is 9.84. The van der Waals surface area contributed by atoms with E-state index in [2.05, 4.69) is 4.98 Å². The summed E-state index contributed by atoms with van der Waals surface area (Å²) < 4.78 is 1.42. The van der Waals surface area contributed by atoms with E-state index in [1.807, 2.05) is 20.8 Å². The van der Waals surface area contributed by atoms with E-state index in [1.54, 1.807) is 0 Å². The fraction of sp³-hybridized carbons (Fsp3) is 0.400. The van der Waals surface area contributed by atoms with Gasteiger partial charge in [-0.1, -0.05) is 13.8 Å². The van der Waals surface area contributed by atoms with Gasteiger partial charge >= 0.3 is 17.1 Å². The second kappa shape index (κ2) is 5.20. The van der Waals surface area contributed by atoms with Crippen molar-refractivity contribution in [2.24, 2.45) is 0 Å². The lowest BCUT2D eigenvalue weighted by Gasteiger charge is -2.30. The lowest BCUT2D eigenvalue weighted by molar-refractivity contribution is 0.0697. The molecule has 6 heteroatoms. The predicted molar refractivity (Wildman–Crippen MR) is 80.0 cm³/mol. The third kappa shape index (κ3) is 2.37. The minimum absolute atomic E-state index is 0.0808. The third-order valence-corrected chi connectivity index (χ3v) is 4.19. The number of aromatic carboxylic acids is 1. The van der Waals surface area contributed by atoms with Crippen molar-refractivity contribution in [1.82, 2.24) is 9.55 Å². The van der Waals surface area contributed by atoms with Gasteiger partial charge < -0.3 is 10.1 Å². The number of nitrogens with one attached hydrogen (secondary N) is 1. The molecule has 0 fully saturated rings. The summed E-state index contributed by atoms with van der Waals surface area (Å²) in [7, 11) is 0. The molecule has 0 amide bonds. The van der Waals surface area contributed by atoms with Crippen molar-refractivity contribution in [2.45, 2.75) is 39.2 Å². The first-order valence-electron chi connectivity index (χ1n) is 6.87. The molecule has 0 bridgehead atoms. The van der Waals surface area contributed by atoms with Gasteiger partial charge in [-0.05, 0) is 38.0 Å². The van der Waals surface area contributed by atoms with Gasteiger partial charge in [-0.25, -0.2) is 4.79 Å². The molecule has 0 unspecified atom stereocenters. The number of nitrogens with zero attached hydrogens (tertiary/aromatic N) is 1. The minimum atomic E-state index is -1.07.